The Morgan fingerprint density at radius 3 is 2.62 bits per heavy atom. The van der Waals surface area contributed by atoms with Gasteiger partial charge in [-0.05, 0) is 4.98 Å². The Kier molecular flexibility index (Phi) is 0.997. The summed E-state index contributed by atoms with van der Waals surface area (Å²) < 4.78 is 0. The van der Waals surface area contributed by atoms with Crippen molar-refractivity contribution in [3.05, 3.63) is 12.5 Å². The fourth-order valence-electron chi connectivity index (χ4n) is 0.382. The number of nitrogens with zero attached hydrogens (tertiary/aromatic N) is 1. The maximum Gasteiger partial charge on any atom is 0.286 e. The molecule has 5 N–H and O–H groups in total. The molecule has 4 nitrogen and oxygen atoms in total. The lowest BCUT2D eigenvalue weighted by atomic mass is 10.5. The number of hydrogen-bond acceptors (Lipinski definition) is 3. The highest BCUT2D eigenvalue weighted by molar-refractivity contribution is 5.54. The predicted octanol–water partition coefficient (Wildman–Crippen LogP) is -0.940. The molecule has 0 saturated heterocycles. The van der Waals surface area contributed by atoms with E-state index in [1.165, 1.54) is 6.33 Å². The highest BCUT2D eigenvalue weighted by Crippen LogP contribution is 2.01. The third kappa shape index (κ3) is 0.676. The van der Waals surface area contributed by atoms with Gasteiger partial charge in [0.25, 0.3) is 12.1 Å². The van der Waals surface area contributed by atoms with Crippen LogP contribution in [0.4, 0.5) is 11.5 Å². The molecule has 4 heteroatoms. The molecule has 1 aromatic heterocycles. The fourth-order valence-corrected chi connectivity index (χ4v) is 0.382. The van der Waals surface area contributed by atoms with Gasteiger partial charge >= 0.3 is 0 Å². The van der Waals surface area contributed by atoms with Crippen LogP contribution in [0.3, 0.4) is 0 Å². The van der Waals surface area contributed by atoms with Crippen LogP contribution in [0.25, 0.3) is 0 Å². The minimum atomic E-state index is 0.365. The molecule has 8 heavy (non-hydrogen) atoms. The van der Waals surface area contributed by atoms with Crippen molar-refractivity contribution in [2.24, 2.45) is 0 Å². The molecule has 0 amide bonds. The quantitative estimate of drug-likeness (QED) is 0.453. The second-order valence-electron chi connectivity index (χ2n) is 1.41. The van der Waals surface area contributed by atoms with Crippen molar-refractivity contribution >= 4 is 11.5 Å². The molecule has 1 heterocycles. The van der Waals surface area contributed by atoms with Crippen LogP contribution in [-0.4, -0.2) is 4.98 Å². The maximum absolute atomic E-state index is 5.30. The summed E-state index contributed by atoms with van der Waals surface area (Å²) in [5, 5.41) is 0. The second kappa shape index (κ2) is 1.65. The number of nitrogen functional groups attached to an aromatic ring is 2. The van der Waals surface area contributed by atoms with Crippen molar-refractivity contribution in [2.75, 3.05) is 11.5 Å². The molecule has 1 aromatic rings. The summed E-state index contributed by atoms with van der Waals surface area (Å²) in [6.45, 7) is 0. The molecular weight excluding hydrogens is 104 g/mol. The standard InChI is InChI=1S/C4H6N4/c5-3-1-7-2-8-4(3)6/h1-2H,5H2,(H2,6,7,8)/p+1. The SMILES string of the molecule is Nc1c[nH+]cnc1N. The van der Waals surface area contributed by atoms with Crippen LogP contribution in [-0.2, 0) is 0 Å². The van der Waals surface area contributed by atoms with Gasteiger partial charge < -0.3 is 11.5 Å². The normalized spacial score (nSPS) is 9.00. The highest BCUT2D eigenvalue weighted by Gasteiger charge is 1.96. The van der Waals surface area contributed by atoms with E-state index < -0.39 is 0 Å². The number of aromatic nitrogens is 2. The van der Waals surface area contributed by atoms with E-state index in [-0.39, 0.29) is 0 Å². The van der Waals surface area contributed by atoms with Crippen molar-refractivity contribution in [1.29, 1.82) is 0 Å². The Morgan fingerprint density at radius 1 is 1.50 bits per heavy atom. The first kappa shape index (κ1) is 4.83. The van der Waals surface area contributed by atoms with Gasteiger partial charge in [0.05, 0.1) is 0 Å². The minimum absolute atomic E-state index is 0.365. The van der Waals surface area contributed by atoms with Gasteiger partial charge in [0, 0.05) is 0 Å². The van der Waals surface area contributed by atoms with Crippen molar-refractivity contribution in [1.82, 2.24) is 4.98 Å². The largest absolute Gasteiger partial charge is 0.391 e. The summed E-state index contributed by atoms with van der Waals surface area (Å²) in [7, 11) is 0. The lowest BCUT2D eigenvalue weighted by Gasteiger charge is -1.84. The lowest BCUT2D eigenvalue weighted by molar-refractivity contribution is -0.381. The minimum Gasteiger partial charge on any atom is -0.391 e. The molecule has 1 rings (SSSR count). The van der Waals surface area contributed by atoms with Gasteiger partial charge in [-0.2, -0.15) is 0 Å². The van der Waals surface area contributed by atoms with Crippen LogP contribution in [0.1, 0.15) is 0 Å². The van der Waals surface area contributed by atoms with Gasteiger partial charge in [-0.15, -0.1) is 0 Å². The summed E-state index contributed by atoms with van der Waals surface area (Å²) in [6, 6.07) is 0. The van der Waals surface area contributed by atoms with E-state index in [0.29, 0.717) is 11.5 Å². The molecule has 0 fully saturated rings. The van der Waals surface area contributed by atoms with E-state index in [0.717, 1.165) is 0 Å². The number of hydrogen-bond donors (Lipinski definition) is 2. The Labute approximate surface area is 46.6 Å². The van der Waals surface area contributed by atoms with Crippen LogP contribution >= 0.6 is 0 Å². The van der Waals surface area contributed by atoms with Gasteiger partial charge in [0.15, 0.2) is 0 Å². The molecule has 0 spiro atoms. The molecule has 0 atom stereocenters. The average Bonchev–Trinajstić information content (AvgIpc) is 1.77. The Balaban J connectivity index is 3.13. The zero-order valence-corrected chi connectivity index (χ0v) is 4.26. The van der Waals surface area contributed by atoms with Crippen molar-refractivity contribution in [2.45, 2.75) is 0 Å². The van der Waals surface area contributed by atoms with Gasteiger partial charge in [-0.25, -0.2) is 4.98 Å². The van der Waals surface area contributed by atoms with Crippen LogP contribution in [0.2, 0.25) is 0 Å². The Hall–Kier alpha value is -1.32. The lowest BCUT2D eigenvalue weighted by Crippen LogP contribution is -2.07. The number of nitrogens with two attached hydrogens (primary N) is 2. The van der Waals surface area contributed by atoms with Crippen LogP contribution in [0, 0.1) is 0 Å². The number of nitrogens with one attached hydrogen (secondary N) is 1. The molecule has 0 aliphatic carbocycles. The first-order valence-corrected chi connectivity index (χ1v) is 2.18. The Morgan fingerprint density at radius 2 is 2.25 bits per heavy atom. The van der Waals surface area contributed by atoms with Gasteiger partial charge in [-0.1, -0.05) is 0 Å². The monoisotopic (exact) mass is 111 g/mol. The molecule has 0 aliphatic heterocycles. The molecule has 42 valence electrons. The van der Waals surface area contributed by atoms with E-state index in [1.54, 1.807) is 6.20 Å². The van der Waals surface area contributed by atoms with E-state index in [2.05, 4.69) is 9.97 Å². The number of aromatic amines is 1. The average molecular weight is 111 g/mol. The topological polar surface area (TPSA) is 79.1 Å². The summed E-state index contributed by atoms with van der Waals surface area (Å²) >= 11 is 0. The van der Waals surface area contributed by atoms with Gasteiger partial charge in [-0.3, -0.25) is 0 Å². The summed E-state index contributed by atoms with van der Waals surface area (Å²) in [4.78, 5) is 6.36. The van der Waals surface area contributed by atoms with Gasteiger partial charge in [0.2, 0.25) is 0 Å². The molecule has 0 saturated carbocycles. The second-order valence-corrected chi connectivity index (χ2v) is 1.41. The molecule has 0 bridgehead atoms. The zero-order valence-electron chi connectivity index (χ0n) is 4.26. The summed E-state index contributed by atoms with van der Waals surface area (Å²) in [5.41, 5.74) is 11.0. The molecule has 0 unspecified atom stereocenters. The zero-order chi connectivity index (χ0) is 5.98. The fraction of sp³-hybridized carbons (Fsp3) is 0. The molecule has 0 aliphatic rings. The van der Waals surface area contributed by atoms with Gasteiger partial charge in [0.1, 0.15) is 11.9 Å². The van der Waals surface area contributed by atoms with Crippen LogP contribution in [0.15, 0.2) is 12.5 Å². The maximum atomic E-state index is 5.30. The third-order valence-corrected chi connectivity index (χ3v) is 0.813. The first-order valence-electron chi connectivity index (χ1n) is 2.18. The van der Waals surface area contributed by atoms with Crippen LogP contribution < -0.4 is 16.5 Å². The summed E-state index contributed by atoms with van der Waals surface area (Å²) in [5.74, 6) is 0.365. The molecular formula is C4H7N4+. The molecule has 0 aromatic carbocycles. The molecule has 0 radical (unpaired) electrons. The smallest absolute Gasteiger partial charge is 0.286 e. The number of rotatable bonds is 0. The highest BCUT2D eigenvalue weighted by atomic mass is 14.9. The van der Waals surface area contributed by atoms with E-state index >= 15 is 0 Å². The van der Waals surface area contributed by atoms with E-state index in [4.69, 9.17) is 11.5 Å². The number of anilines is 2. The van der Waals surface area contributed by atoms with Crippen molar-refractivity contribution in [3.63, 3.8) is 0 Å². The predicted molar refractivity (Wildman–Crippen MR) is 29.6 cm³/mol. The summed E-state index contributed by atoms with van der Waals surface area (Å²) in [6.07, 6.45) is 3.06. The van der Waals surface area contributed by atoms with Crippen molar-refractivity contribution in [3.8, 4) is 0 Å². The van der Waals surface area contributed by atoms with E-state index in [9.17, 15) is 0 Å². The third-order valence-electron chi connectivity index (χ3n) is 0.813. The van der Waals surface area contributed by atoms with Crippen LogP contribution in [0.5, 0.6) is 0 Å². The number of H-pyrrole nitrogens is 1. The first-order chi connectivity index (χ1) is 3.80. The van der Waals surface area contributed by atoms with Crippen molar-refractivity contribution < 1.29 is 4.98 Å². The van der Waals surface area contributed by atoms with E-state index in [1.807, 2.05) is 0 Å². The Bertz CT molecular complexity index is 164.